The van der Waals surface area contributed by atoms with E-state index in [4.69, 9.17) is 16.3 Å². The van der Waals surface area contributed by atoms with Gasteiger partial charge in [-0.3, -0.25) is 4.79 Å². The first-order valence-corrected chi connectivity index (χ1v) is 9.63. The molecule has 1 amide bonds. The Morgan fingerprint density at radius 1 is 1.32 bits per heavy atom. The van der Waals surface area contributed by atoms with Crippen LogP contribution in [-0.4, -0.2) is 22.7 Å². The molecule has 1 aromatic carbocycles. The number of ether oxygens (including phenoxy) is 1. The van der Waals surface area contributed by atoms with Gasteiger partial charge in [0.15, 0.2) is 0 Å². The lowest BCUT2D eigenvalue weighted by atomic mass is 10.3. The summed E-state index contributed by atoms with van der Waals surface area (Å²) in [5, 5.41) is 3.45. The minimum Gasteiger partial charge on any atom is -0.477 e. The van der Waals surface area contributed by atoms with Crippen LogP contribution in [0.25, 0.3) is 0 Å². The van der Waals surface area contributed by atoms with Gasteiger partial charge in [0.2, 0.25) is 11.8 Å². The molecule has 1 saturated carbocycles. The number of pyridine rings is 1. The Balaban J connectivity index is 1.43. The van der Waals surface area contributed by atoms with Gasteiger partial charge in [-0.05, 0) is 55.5 Å². The van der Waals surface area contributed by atoms with Crippen molar-refractivity contribution in [2.75, 3.05) is 6.61 Å². The fourth-order valence-corrected chi connectivity index (χ4v) is 3.21. The van der Waals surface area contributed by atoms with Crippen molar-refractivity contribution in [3.8, 4) is 5.88 Å². The Kier molecular flexibility index (Phi) is 6.21. The minimum atomic E-state index is -0.185. The maximum absolute atomic E-state index is 12.2. The molecule has 1 heterocycles. The van der Waals surface area contributed by atoms with Crippen LogP contribution in [0, 0.1) is 5.92 Å². The second-order valence-corrected chi connectivity index (χ2v) is 8.04. The first kappa shape index (κ1) is 18.1. The van der Waals surface area contributed by atoms with Crippen molar-refractivity contribution in [1.29, 1.82) is 0 Å². The topological polar surface area (TPSA) is 51.2 Å². The van der Waals surface area contributed by atoms with E-state index in [1.807, 2.05) is 43.3 Å². The average molecular weight is 377 g/mol. The highest BCUT2D eigenvalue weighted by Crippen LogP contribution is 2.29. The highest BCUT2D eigenvalue weighted by Gasteiger charge is 2.22. The van der Waals surface area contributed by atoms with Crippen LogP contribution in [0.3, 0.4) is 0 Å². The molecule has 1 aromatic heterocycles. The van der Waals surface area contributed by atoms with E-state index in [1.54, 1.807) is 6.20 Å². The monoisotopic (exact) mass is 376 g/mol. The van der Waals surface area contributed by atoms with Gasteiger partial charge in [0.25, 0.3) is 0 Å². The van der Waals surface area contributed by atoms with Crippen LogP contribution >= 0.6 is 23.4 Å². The van der Waals surface area contributed by atoms with Crippen molar-refractivity contribution in [3.63, 3.8) is 0 Å². The second kappa shape index (κ2) is 8.59. The van der Waals surface area contributed by atoms with Gasteiger partial charge >= 0.3 is 0 Å². The highest BCUT2D eigenvalue weighted by atomic mass is 35.5. The van der Waals surface area contributed by atoms with Gasteiger partial charge in [0.05, 0.1) is 11.9 Å². The third kappa shape index (κ3) is 5.94. The molecule has 1 aliphatic rings. The molecule has 1 atom stereocenters. The van der Waals surface area contributed by atoms with Gasteiger partial charge in [-0.1, -0.05) is 17.7 Å². The predicted octanol–water partition coefficient (Wildman–Crippen LogP) is 4.32. The van der Waals surface area contributed by atoms with E-state index in [1.165, 1.54) is 24.6 Å². The summed E-state index contributed by atoms with van der Waals surface area (Å²) in [6, 6.07) is 11.3. The summed E-state index contributed by atoms with van der Waals surface area (Å²) in [6.45, 7) is 3.10. The van der Waals surface area contributed by atoms with Crippen molar-refractivity contribution in [1.82, 2.24) is 10.3 Å². The largest absolute Gasteiger partial charge is 0.477 e. The number of halogens is 1. The van der Waals surface area contributed by atoms with E-state index in [2.05, 4.69) is 10.3 Å². The summed E-state index contributed by atoms with van der Waals surface area (Å²) < 4.78 is 5.61. The summed E-state index contributed by atoms with van der Waals surface area (Å²) in [5.41, 5.74) is 0.954. The lowest BCUT2D eigenvalue weighted by Gasteiger charge is -2.12. The smallest absolute Gasteiger partial charge is 0.233 e. The lowest BCUT2D eigenvalue weighted by molar-refractivity contribution is -0.120. The molecular weight excluding hydrogens is 356 g/mol. The van der Waals surface area contributed by atoms with E-state index in [-0.39, 0.29) is 11.2 Å². The van der Waals surface area contributed by atoms with Crippen molar-refractivity contribution in [3.05, 3.63) is 53.2 Å². The molecule has 2 aromatic rings. The third-order valence-corrected chi connectivity index (χ3v) is 5.29. The summed E-state index contributed by atoms with van der Waals surface area (Å²) in [7, 11) is 0. The molecule has 25 heavy (non-hydrogen) atoms. The standard InChI is InChI=1S/C19H21ClN2O2S/c1-13(25-17-7-5-16(20)6-8-17)19(23)22-11-15-4-9-18(21-10-15)24-12-14-2-3-14/h4-10,13-14H,2-3,11-12H2,1H3,(H,22,23). The van der Waals surface area contributed by atoms with Crippen LogP contribution in [0.5, 0.6) is 5.88 Å². The molecule has 0 spiro atoms. The van der Waals surface area contributed by atoms with Gasteiger partial charge in [-0.15, -0.1) is 11.8 Å². The fraction of sp³-hybridized carbons (Fsp3) is 0.368. The van der Waals surface area contributed by atoms with E-state index in [9.17, 15) is 4.79 Å². The number of nitrogens with one attached hydrogen (secondary N) is 1. The SMILES string of the molecule is CC(Sc1ccc(Cl)cc1)C(=O)NCc1ccc(OCC2CC2)nc1. The van der Waals surface area contributed by atoms with Gasteiger partial charge in [0.1, 0.15) is 0 Å². The van der Waals surface area contributed by atoms with Crippen LogP contribution in [0.15, 0.2) is 47.5 Å². The minimum absolute atomic E-state index is 0.00555. The Bertz CT molecular complexity index is 702. The summed E-state index contributed by atoms with van der Waals surface area (Å²) in [6.07, 6.45) is 4.27. The number of thioether (sulfide) groups is 1. The van der Waals surface area contributed by atoms with Crippen LogP contribution in [0.4, 0.5) is 0 Å². The maximum Gasteiger partial charge on any atom is 0.233 e. The first-order chi connectivity index (χ1) is 12.1. The van der Waals surface area contributed by atoms with Gasteiger partial charge in [0, 0.05) is 28.7 Å². The number of amides is 1. The number of carbonyl (C=O) groups is 1. The van der Waals surface area contributed by atoms with Gasteiger partial charge in [-0.2, -0.15) is 0 Å². The fourth-order valence-electron chi connectivity index (χ4n) is 2.19. The zero-order valence-corrected chi connectivity index (χ0v) is 15.6. The number of hydrogen-bond donors (Lipinski definition) is 1. The van der Waals surface area contributed by atoms with Crippen LogP contribution in [-0.2, 0) is 11.3 Å². The molecule has 0 aliphatic heterocycles. The third-order valence-electron chi connectivity index (χ3n) is 3.92. The molecule has 6 heteroatoms. The zero-order valence-electron chi connectivity index (χ0n) is 14.1. The Hall–Kier alpha value is -1.72. The van der Waals surface area contributed by atoms with E-state index in [0.717, 1.165) is 17.1 Å². The molecule has 1 N–H and O–H groups in total. The molecule has 4 nitrogen and oxygen atoms in total. The number of benzene rings is 1. The van der Waals surface area contributed by atoms with Gasteiger partial charge < -0.3 is 10.1 Å². The molecule has 0 bridgehead atoms. The van der Waals surface area contributed by atoms with Crippen LogP contribution in [0.1, 0.15) is 25.3 Å². The molecule has 1 unspecified atom stereocenters. The van der Waals surface area contributed by atoms with Crippen molar-refractivity contribution >= 4 is 29.3 Å². The first-order valence-electron chi connectivity index (χ1n) is 8.38. The Labute approximate surface area is 157 Å². The van der Waals surface area contributed by atoms with E-state index >= 15 is 0 Å². The zero-order chi connectivity index (χ0) is 17.6. The highest BCUT2D eigenvalue weighted by molar-refractivity contribution is 8.00. The van der Waals surface area contributed by atoms with E-state index < -0.39 is 0 Å². The average Bonchev–Trinajstić information content (AvgIpc) is 3.45. The number of rotatable bonds is 8. The summed E-state index contributed by atoms with van der Waals surface area (Å²) in [5.74, 6) is 1.35. The molecule has 0 saturated heterocycles. The lowest BCUT2D eigenvalue weighted by Crippen LogP contribution is -2.30. The Morgan fingerprint density at radius 2 is 2.08 bits per heavy atom. The van der Waals surface area contributed by atoms with Crippen LogP contribution < -0.4 is 10.1 Å². The summed E-state index contributed by atoms with van der Waals surface area (Å²) >= 11 is 7.38. The van der Waals surface area contributed by atoms with Crippen LogP contribution in [0.2, 0.25) is 5.02 Å². The number of nitrogens with zero attached hydrogens (tertiary/aromatic N) is 1. The molecule has 3 rings (SSSR count). The Morgan fingerprint density at radius 3 is 2.72 bits per heavy atom. The molecule has 1 aliphatic carbocycles. The van der Waals surface area contributed by atoms with Gasteiger partial charge in [-0.25, -0.2) is 4.98 Å². The quantitative estimate of drug-likeness (QED) is 0.697. The number of aromatic nitrogens is 1. The van der Waals surface area contributed by atoms with Crippen molar-refractivity contribution in [2.24, 2.45) is 5.92 Å². The molecule has 132 valence electrons. The number of hydrogen-bond acceptors (Lipinski definition) is 4. The maximum atomic E-state index is 12.2. The second-order valence-electron chi connectivity index (χ2n) is 6.19. The normalized spacial score (nSPS) is 14.8. The molecular formula is C19H21ClN2O2S. The van der Waals surface area contributed by atoms with Crippen molar-refractivity contribution in [2.45, 2.75) is 36.5 Å². The predicted molar refractivity (Wildman–Crippen MR) is 101 cm³/mol. The summed E-state index contributed by atoms with van der Waals surface area (Å²) in [4.78, 5) is 17.5. The number of carbonyl (C=O) groups excluding carboxylic acids is 1. The van der Waals surface area contributed by atoms with E-state index in [0.29, 0.717) is 23.4 Å². The molecule has 0 radical (unpaired) electrons. The molecule has 1 fully saturated rings. The van der Waals surface area contributed by atoms with Crippen molar-refractivity contribution < 1.29 is 9.53 Å².